The van der Waals surface area contributed by atoms with Gasteiger partial charge >= 0.3 is 12.2 Å². The summed E-state index contributed by atoms with van der Waals surface area (Å²) in [7, 11) is 0. The smallest absolute Gasteiger partial charge is 0.410 e. The van der Waals surface area contributed by atoms with Crippen molar-refractivity contribution in [3.05, 3.63) is 79.9 Å². The van der Waals surface area contributed by atoms with E-state index in [9.17, 15) is 34.6 Å². The highest BCUT2D eigenvalue weighted by Crippen LogP contribution is 2.31. The van der Waals surface area contributed by atoms with Gasteiger partial charge in [0.05, 0.1) is 9.85 Å². The zero-order chi connectivity index (χ0) is 28.5. The van der Waals surface area contributed by atoms with Crippen molar-refractivity contribution in [1.29, 1.82) is 0 Å². The normalized spacial score (nSPS) is 17.2. The molecule has 1 heterocycles. The molecule has 3 rings (SSSR count). The number of likely N-dealkylation sites (tertiary alicyclic amines) is 1. The molecule has 1 aliphatic heterocycles. The number of carbonyl (C=O) groups excluding carboxylic acids is 3. The molecule has 2 aromatic carbocycles. The second-order valence-corrected chi connectivity index (χ2v) is 10.5. The molecule has 1 unspecified atom stereocenters. The van der Waals surface area contributed by atoms with Gasteiger partial charge in [0.15, 0.2) is 5.12 Å². The lowest BCUT2D eigenvalue weighted by molar-refractivity contribution is -0.385. The van der Waals surface area contributed by atoms with E-state index in [4.69, 9.17) is 9.47 Å². The molecule has 1 N–H and O–H groups in total. The topological polar surface area (TPSA) is 171 Å². The molecular formula is C25H28N4O9S. The molecule has 1 saturated heterocycles. The highest BCUT2D eigenvalue weighted by molar-refractivity contribution is 8.14. The second kappa shape index (κ2) is 13.6. The lowest BCUT2D eigenvalue weighted by Gasteiger charge is -2.26. The first-order valence-corrected chi connectivity index (χ1v) is 12.9. The Morgan fingerprint density at radius 2 is 1.49 bits per heavy atom. The van der Waals surface area contributed by atoms with Crippen molar-refractivity contribution in [3.8, 4) is 0 Å². The van der Waals surface area contributed by atoms with Crippen molar-refractivity contribution in [2.24, 2.45) is 0 Å². The number of amides is 2. The van der Waals surface area contributed by atoms with Crippen LogP contribution in [0.3, 0.4) is 0 Å². The van der Waals surface area contributed by atoms with Crippen molar-refractivity contribution in [2.75, 3.05) is 6.54 Å². The quantitative estimate of drug-likeness (QED) is 0.320. The van der Waals surface area contributed by atoms with Crippen molar-refractivity contribution in [2.45, 2.75) is 57.2 Å². The predicted octanol–water partition coefficient (Wildman–Crippen LogP) is 4.57. The Morgan fingerprint density at radius 3 is 1.97 bits per heavy atom. The number of nitro groups is 2. The molecule has 208 valence electrons. The summed E-state index contributed by atoms with van der Waals surface area (Å²) in [4.78, 5) is 58.9. The molecule has 0 saturated carbocycles. The van der Waals surface area contributed by atoms with Gasteiger partial charge in [-0.3, -0.25) is 25.0 Å². The number of nitro benzene ring substituents is 2. The van der Waals surface area contributed by atoms with Gasteiger partial charge in [-0.05, 0) is 55.2 Å². The van der Waals surface area contributed by atoms with E-state index >= 15 is 0 Å². The van der Waals surface area contributed by atoms with E-state index in [2.05, 4.69) is 5.32 Å². The lowest BCUT2D eigenvalue weighted by Crippen LogP contribution is -2.42. The Morgan fingerprint density at radius 1 is 0.974 bits per heavy atom. The van der Waals surface area contributed by atoms with Crippen LogP contribution in [0.15, 0.2) is 48.5 Å². The molecule has 39 heavy (non-hydrogen) atoms. The zero-order valence-corrected chi connectivity index (χ0v) is 22.1. The van der Waals surface area contributed by atoms with Gasteiger partial charge in [-0.25, -0.2) is 9.59 Å². The Labute approximate surface area is 228 Å². The third-order valence-corrected chi connectivity index (χ3v) is 6.97. The molecule has 1 aliphatic rings. The van der Waals surface area contributed by atoms with E-state index in [0.717, 1.165) is 11.8 Å². The molecule has 0 aliphatic carbocycles. The van der Waals surface area contributed by atoms with Crippen LogP contribution in [0.2, 0.25) is 0 Å². The number of benzene rings is 2. The van der Waals surface area contributed by atoms with Crippen LogP contribution in [0.4, 0.5) is 21.0 Å². The minimum absolute atomic E-state index is 0.0644. The maximum absolute atomic E-state index is 12.9. The minimum Gasteiger partial charge on any atom is -0.445 e. The molecule has 0 radical (unpaired) electrons. The Bertz CT molecular complexity index is 1210. The fourth-order valence-corrected chi connectivity index (χ4v) is 5.18. The first-order valence-electron chi connectivity index (χ1n) is 12.0. The van der Waals surface area contributed by atoms with Crippen LogP contribution in [0.1, 0.15) is 37.8 Å². The van der Waals surface area contributed by atoms with Crippen molar-refractivity contribution < 1.29 is 33.7 Å². The largest absolute Gasteiger partial charge is 0.445 e. The maximum atomic E-state index is 12.9. The van der Waals surface area contributed by atoms with Gasteiger partial charge in [0.25, 0.3) is 11.4 Å². The number of non-ortho nitro benzene ring substituents is 2. The van der Waals surface area contributed by atoms with Crippen LogP contribution in [0, 0.1) is 20.2 Å². The van der Waals surface area contributed by atoms with Crippen LogP contribution >= 0.6 is 11.8 Å². The van der Waals surface area contributed by atoms with Gasteiger partial charge < -0.3 is 19.7 Å². The van der Waals surface area contributed by atoms with Gasteiger partial charge in [-0.2, -0.15) is 0 Å². The van der Waals surface area contributed by atoms with Crippen LogP contribution in [-0.2, 0) is 27.5 Å². The van der Waals surface area contributed by atoms with E-state index in [0.29, 0.717) is 30.5 Å². The van der Waals surface area contributed by atoms with Crippen LogP contribution in [-0.4, -0.2) is 55.9 Å². The number of thioether (sulfide) groups is 1. The first kappa shape index (κ1) is 29.4. The molecular weight excluding hydrogens is 532 g/mol. The Kier molecular flexibility index (Phi) is 10.2. The van der Waals surface area contributed by atoms with Crippen molar-refractivity contribution in [3.63, 3.8) is 0 Å². The van der Waals surface area contributed by atoms with E-state index < -0.39 is 22.0 Å². The number of nitrogens with zero attached hydrogens (tertiary/aromatic N) is 3. The summed E-state index contributed by atoms with van der Waals surface area (Å²) in [5.41, 5.74) is 1.04. The van der Waals surface area contributed by atoms with Crippen LogP contribution in [0.5, 0.6) is 0 Å². The van der Waals surface area contributed by atoms with Gasteiger partial charge in [0.2, 0.25) is 0 Å². The minimum atomic E-state index is -0.680. The summed E-state index contributed by atoms with van der Waals surface area (Å²) >= 11 is 1.15. The van der Waals surface area contributed by atoms with Gasteiger partial charge in [-0.15, -0.1) is 0 Å². The average molecular weight is 561 g/mol. The monoisotopic (exact) mass is 560 g/mol. The molecule has 0 spiro atoms. The lowest BCUT2D eigenvalue weighted by atomic mass is 10.1. The van der Waals surface area contributed by atoms with E-state index in [1.54, 1.807) is 6.92 Å². The molecule has 13 nitrogen and oxygen atoms in total. The Hall–Kier alpha value is -4.20. The SMILES string of the molecule is CC(=O)S[C@H]1C[C@@H](CC(C)NC(=O)OCc2ccc([N+](=O)[O-])cc2)N(C(=O)OCc2ccc([N+](=O)[O-])cc2)C1. The van der Waals surface area contributed by atoms with Gasteiger partial charge in [0, 0.05) is 55.1 Å². The number of ether oxygens (including phenoxy) is 2. The van der Waals surface area contributed by atoms with Gasteiger partial charge in [-0.1, -0.05) is 11.8 Å². The third kappa shape index (κ3) is 8.95. The predicted molar refractivity (Wildman–Crippen MR) is 141 cm³/mol. The van der Waals surface area contributed by atoms with Crippen molar-refractivity contribution >= 4 is 40.4 Å². The summed E-state index contributed by atoms with van der Waals surface area (Å²) in [5, 5.41) is 24.1. The maximum Gasteiger partial charge on any atom is 0.410 e. The molecule has 2 amide bonds. The highest BCUT2D eigenvalue weighted by Gasteiger charge is 2.38. The Balaban J connectivity index is 1.53. The summed E-state index contributed by atoms with van der Waals surface area (Å²) in [6.45, 7) is 3.37. The fraction of sp³-hybridized carbons (Fsp3) is 0.400. The summed E-state index contributed by atoms with van der Waals surface area (Å²) in [6.07, 6.45) is -0.353. The number of rotatable bonds is 10. The standard InChI is InChI=1S/C25H28N4O9S/c1-16(26-24(31)37-14-18-3-7-20(8-4-18)28(33)34)11-22-12-23(39-17(2)30)13-27(22)25(32)38-15-19-5-9-21(10-6-19)29(35)36/h3-10,16,22-23H,11-15H2,1-2H3,(H,26,31)/t16?,22-,23+/m1/s1. The molecule has 1 fully saturated rings. The van der Waals surface area contributed by atoms with Gasteiger partial charge in [0.1, 0.15) is 13.2 Å². The van der Waals surface area contributed by atoms with Crippen molar-refractivity contribution in [1.82, 2.24) is 10.2 Å². The molecule has 2 aromatic rings. The average Bonchev–Trinajstić information content (AvgIpc) is 3.27. The van der Waals surface area contributed by atoms with Crippen LogP contribution in [0.25, 0.3) is 0 Å². The number of carbonyl (C=O) groups is 3. The number of alkyl carbamates (subject to hydrolysis) is 1. The highest BCUT2D eigenvalue weighted by atomic mass is 32.2. The summed E-state index contributed by atoms with van der Waals surface area (Å²) in [6, 6.07) is 10.6. The first-order chi connectivity index (χ1) is 18.5. The number of nitrogens with one attached hydrogen (secondary N) is 1. The molecule has 0 aromatic heterocycles. The number of hydrogen-bond donors (Lipinski definition) is 1. The summed E-state index contributed by atoms with van der Waals surface area (Å²) < 4.78 is 10.6. The summed E-state index contributed by atoms with van der Waals surface area (Å²) in [5.74, 6) is 0. The zero-order valence-electron chi connectivity index (χ0n) is 21.3. The van der Waals surface area contributed by atoms with E-state index in [-0.39, 0.29) is 47.0 Å². The molecule has 14 heteroatoms. The molecule has 0 bridgehead atoms. The third-order valence-electron chi connectivity index (χ3n) is 5.96. The number of hydrogen-bond acceptors (Lipinski definition) is 10. The molecule has 3 atom stereocenters. The van der Waals surface area contributed by atoms with E-state index in [1.807, 2.05) is 0 Å². The fourth-order valence-electron chi connectivity index (χ4n) is 4.16. The van der Waals surface area contributed by atoms with Crippen LogP contribution < -0.4 is 5.32 Å². The second-order valence-electron chi connectivity index (χ2n) is 9.03. The van der Waals surface area contributed by atoms with E-state index in [1.165, 1.54) is 60.4 Å².